The average Bonchev–Trinajstić information content (AvgIpc) is 2.63. The molecule has 2 N–H and O–H groups in total. The molecule has 0 bridgehead atoms. The number of benzene rings is 1. The third-order valence-electron chi connectivity index (χ3n) is 3.96. The van der Waals surface area contributed by atoms with Crippen LogP contribution in [0.2, 0.25) is 0 Å². The maximum absolute atomic E-state index is 12.4. The van der Waals surface area contributed by atoms with E-state index in [2.05, 4.69) is 25.6 Å². The maximum Gasteiger partial charge on any atom is 0.233 e. The van der Waals surface area contributed by atoms with Crippen LogP contribution in [0.3, 0.4) is 0 Å². The molecule has 0 saturated carbocycles. The van der Waals surface area contributed by atoms with Gasteiger partial charge in [-0.25, -0.2) is 4.98 Å². The number of hydrogen-bond acceptors (Lipinski definition) is 5. The second kappa shape index (κ2) is 6.08. The van der Waals surface area contributed by atoms with Crippen molar-refractivity contribution in [1.29, 1.82) is 0 Å². The van der Waals surface area contributed by atoms with Crippen molar-refractivity contribution >= 4 is 23.4 Å². The van der Waals surface area contributed by atoms with Crippen molar-refractivity contribution in [2.45, 2.75) is 12.3 Å². The Labute approximate surface area is 139 Å². The number of hydrogen-bond donors (Lipinski definition) is 2. The van der Waals surface area contributed by atoms with Crippen LogP contribution in [0, 0.1) is 0 Å². The van der Waals surface area contributed by atoms with Crippen molar-refractivity contribution in [3.05, 3.63) is 72.2 Å². The van der Waals surface area contributed by atoms with Crippen LogP contribution in [0.4, 0.5) is 17.5 Å². The zero-order chi connectivity index (χ0) is 16.4. The molecule has 1 unspecified atom stereocenters. The number of aromatic nitrogens is 3. The number of nitrogens with one attached hydrogen (secondary N) is 2. The smallest absolute Gasteiger partial charge is 0.233 e. The van der Waals surface area contributed by atoms with Gasteiger partial charge in [0.15, 0.2) is 0 Å². The molecule has 1 atom stereocenters. The van der Waals surface area contributed by atoms with Crippen LogP contribution >= 0.6 is 0 Å². The Morgan fingerprint density at radius 2 is 1.96 bits per heavy atom. The van der Waals surface area contributed by atoms with Gasteiger partial charge in [0, 0.05) is 29.8 Å². The lowest BCUT2D eigenvalue weighted by Gasteiger charge is -2.23. The summed E-state index contributed by atoms with van der Waals surface area (Å²) >= 11 is 0. The highest BCUT2D eigenvalue weighted by Crippen LogP contribution is 2.30. The van der Waals surface area contributed by atoms with E-state index < -0.39 is 0 Å². The SMILES string of the molecule is O=C1Nc2nc(Nc3ccccc3)ncc2CC1c1cccnc1. The van der Waals surface area contributed by atoms with E-state index in [1.807, 2.05) is 42.5 Å². The number of carbonyl (C=O) groups is 1. The Hall–Kier alpha value is -3.28. The van der Waals surface area contributed by atoms with Crippen molar-refractivity contribution in [3.63, 3.8) is 0 Å². The second-order valence-electron chi connectivity index (χ2n) is 5.59. The maximum atomic E-state index is 12.4. The molecule has 0 fully saturated rings. The molecule has 118 valence electrons. The Balaban J connectivity index is 1.59. The van der Waals surface area contributed by atoms with Crippen molar-refractivity contribution in [2.75, 3.05) is 10.6 Å². The Morgan fingerprint density at radius 1 is 1.08 bits per heavy atom. The third kappa shape index (κ3) is 2.81. The van der Waals surface area contributed by atoms with Crippen LogP contribution in [0.15, 0.2) is 61.1 Å². The normalized spacial score (nSPS) is 16.2. The summed E-state index contributed by atoms with van der Waals surface area (Å²) in [6.07, 6.45) is 5.75. The van der Waals surface area contributed by atoms with Gasteiger partial charge in [-0.3, -0.25) is 9.78 Å². The number of rotatable bonds is 3. The van der Waals surface area contributed by atoms with Crippen molar-refractivity contribution in [3.8, 4) is 0 Å². The first-order valence-corrected chi connectivity index (χ1v) is 7.68. The van der Waals surface area contributed by atoms with Crippen LogP contribution in [-0.2, 0) is 11.2 Å². The van der Waals surface area contributed by atoms with Crippen LogP contribution in [0.1, 0.15) is 17.0 Å². The Morgan fingerprint density at radius 3 is 2.75 bits per heavy atom. The molecule has 1 amide bonds. The third-order valence-corrected chi connectivity index (χ3v) is 3.96. The number of anilines is 3. The van der Waals surface area contributed by atoms with Crippen molar-refractivity contribution < 1.29 is 4.79 Å². The van der Waals surface area contributed by atoms with Gasteiger partial charge < -0.3 is 10.6 Å². The Bertz CT molecular complexity index is 867. The van der Waals surface area contributed by atoms with Gasteiger partial charge >= 0.3 is 0 Å². The summed E-state index contributed by atoms with van der Waals surface area (Å²) in [4.78, 5) is 25.3. The predicted octanol–water partition coefficient (Wildman–Crippen LogP) is 2.89. The van der Waals surface area contributed by atoms with E-state index in [0.29, 0.717) is 18.2 Å². The zero-order valence-corrected chi connectivity index (χ0v) is 12.8. The first-order chi connectivity index (χ1) is 11.8. The summed E-state index contributed by atoms with van der Waals surface area (Å²) in [7, 11) is 0. The zero-order valence-electron chi connectivity index (χ0n) is 12.8. The Kier molecular flexibility index (Phi) is 3.63. The largest absolute Gasteiger partial charge is 0.324 e. The van der Waals surface area contributed by atoms with Crippen LogP contribution in [0.5, 0.6) is 0 Å². The highest BCUT2D eigenvalue weighted by atomic mass is 16.2. The van der Waals surface area contributed by atoms with E-state index in [1.54, 1.807) is 18.6 Å². The average molecular weight is 317 g/mol. The van der Waals surface area contributed by atoms with Crippen LogP contribution in [-0.4, -0.2) is 20.9 Å². The summed E-state index contributed by atoms with van der Waals surface area (Å²) in [6, 6.07) is 13.4. The van der Waals surface area contributed by atoms with Gasteiger partial charge in [-0.1, -0.05) is 24.3 Å². The summed E-state index contributed by atoms with van der Waals surface area (Å²) < 4.78 is 0. The molecule has 0 spiro atoms. The number of amides is 1. The van der Waals surface area contributed by atoms with Crippen LogP contribution in [0.25, 0.3) is 0 Å². The molecule has 3 heterocycles. The molecule has 24 heavy (non-hydrogen) atoms. The molecule has 0 aliphatic carbocycles. The first kappa shape index (κ1) is 14.3. The molecular weight excluding hydrogens is 302 g/mol. The fourth-order valence-corrected chi connectivity index (χ4v) is 2.74. The lowest BCUT2D eigenvalue weighted by Crippen LogP contribution is -2.29. The highest BCUT2D eigenvalue weighted by Gasteiger charge is 2.29. The molecule has 0 radical (unpaired) electrons. The molecule has 0 saturated heterocycles. The summed E-state index contributed by atoms with van der Waals surface area (Å²) in [5.74, 6) is 0.691. The monoisotopic (exact) mass is 317 g/mol. The number of carbonyl (C=O) groups excluding carboxylic acids is 1. The van der Waals surface area contributed by atoms with Gasteiger partial charge in [0.25, 0.3) is 0 Å². The van der Waals surface area contributed by atoms with Gasteiger partial charge in [0.2, 0.25) is 11.9 Å². The summed E-state index contributed by atoms with van der Waals surface area (Å²) in [5, 5.41) is 6.01. The van der Waals surface area contributed by atoms with E-state index in [-0.39, 0.29) is 11.8 Å². The van der Waals surface area contributed by atoms with Crippen molar-refractivity contribution in [2.24, 2.45) is 0 Å². The number of nitrogens with zero attached hydrogens (tertiary/aromatic N) is 3. The fraction of sp³-hybridized carbons (Fsp3) is 0.111. The number of fused-ring (bicyclic) bond motifs is 1. The van der Waals surface area contributed by atoms with E-state index in [9.17, 15) is 4.79 Å². The second-order valence-corrected chi connectivity index (χ2v) is 5.59. The lowest BCUT2D eigenvalue weighted by molar-refractivity contribution is -0.117. The molecule has 6 heteroatoms. The first-order valence-electron chi connectivity index (χ1n) is 7.68. The van der Waals surface area contributed by atoms with Crippen molar-refractivity contribution in [1.82, 2.24) is 15.0 Å². The van der Waals surface area contributed by atoms with Gasteiger partial charge in [-0.15, -0.1) is 0 Å². The standard InChI is InChI=1S/C18H15N5O/c24-17-15(12-5-4-8-19-10-12)9-13-11-20-18(23-16(13)22-17)21-14-6-2-1-3-7-14/h1-8,10-11,15H,9H2,(H2,20,21,22,23,24). The molecule has 4 rings (SSSR count). The predicted molar refractivity (Wildman–Crippen MR) is 91.1 cm³/mol. The lowest BCUT2D eigenvalue weighted by atomic mass is 9.90. The quantitative estimate of drug-likeness (QED) is 0.776. The minimum absolute atomic E-state index is 0.0696. The number of para-hydroxylation sites is 1. The fourth-order valence-electron chi connectivity index (χ4n) is 2.74. The molecule has 3 aromatic rings. The van der Waals surface area contributed by atoms with E-state index >= 15 is 0 Å². The molecule has 1 aromatic carbocycles. The molecule has 6 nitrogen and oxygen atoms in total. The molecule has 2 aromatic heterocycles. The van der Waals surface area contributed by atoms with Gasteiger partial charge in [-0.05, 0) is 30.2 Å². The summed E-state index contributed by atoms with van der Waals surface area (Å²) in [5.41, 5.74) is 2.71. The van der Waals surface area contributed by atoms with Gasteiger partial charge in [0.1, 0.15) is 5.82 Å². The van der Waals surface area contributed by atoms with Crippen LogP contribution < -0.4 is 10.6 Å². The molecular formula is C18H15N5O. The topological polar surface area (TPSA) is 79.8 Å². The molecule has 1 aliphatic heterocycles. The number of pyridine rings is 1. The molecule has 1 aliphatic rings. The van der Waals surface area contributed by atoms with E-state index in [0.717, 1.165) is 16.8 Å². The van der Waals surface area contributed by atoms with E-state index in [4.69, 9.17) is 0 Å². The van der Waals surface area contributed by atoms with Gasteiger partial charge in [0.05, 0.1) is 5.92 Å². The van der Waals surface area contributed by atoms with Gasteiger partial charge in [-0.2, -0.15) is 4.98 Å². The van der Waals surface area contributed by atoms with E-state index in [1.165, 1.54) is 0 Å². The summed E-state index contributed by atoms with van der Waals surface area (Å²) in [6.45, 7) is 0. The minimum atomic E-state index is -0.261. The minimum Gasteiger partial charge on any atom is -0.324 e. The highest BCUT2D eigenvalue weighted by molar-refractivity contribution is 5.98.